The van der Waals surface area contributed by atoms with Crippen LogP contribution in [0.3, 0.4) is 0 Å². The fourth-order valence-electron chi connectivity index (χ4n) is 0.836. The molecule has 1 saturated carbocycles. The van der Waals surface area contributed by atoms with Crippen LogP contribution >= 0.6 is 12.4 Å². The van der Waals surface area contributed by atoms with Crippen LogP contribution < -0.4 is 5.73 Å². The van der Waals surface area contributed by atoms with E-state index in [0.717, 1.165) is 18.5 Å². The summed E-state index contributed by atoms with van der Waals surface area (Å²) in [6, 6.07) is 0. The molecular weight excluding hydrogens is 152 g/mol. The largest absolute Gasteiger partial charge is 0.320 e. The summed E-state index contributed by atoms with van der Waals surface area (Å²) in [6.07, 6.45) is 3.84. The molecule has 0 radical (unpaired) electrons. The Morgan fingerprint density at radius 3 is 2.70 bits per heavy atom. The highest BCUT2D eigenvalue weighted by molar-refractivity contribution is 5.85. The van der Waals surface area contributed by atoms with E-state index in [1.165, 1.54) is 0 Å². The van der Waals surface area contributed by atoms with Crippen LogP contribution in [0.2, 0.25) is 0 Å². The number of aromatic amines is 1. The maximum absolute atomic E-state index is 5.79. The van der Waals surface area contributed by atoms with Crippen LogP contribution in [0.25, 0.3) is 0 Å². The molecule has 5 heteroatoms. The van der Waals surface area contributed by atoms with Crippen LogP contribution in [0, 0.1) is 0 Å². The molecule has 1 aliphatic carbocycles. The van der Waals surface area contributed by atoms with Gasteiger partial charge in [0.05, 0.1) is 5.54 Å². The average molecular weight is 161 g/mol. The molecule has 1 aromatic heterocycles. The van der Waals surface area contributed by atoms with E-state index in [4.69, 9.17) is 5.73 Å². The minimum atomic E-state index is -0.132. The third kappa shape index (κ3) is 0.998. The van der Waals surface area contributed by atoms with Gasteiger partial charge in [0, 0.05) is 6.20 Å². The van der Waals surface area contributed by atoms with Gasteiger partial charge in [0.25, 0.3) is 0 Å². The molecule has 3 N–H and O–H groups in total. The second-order valence-corrected chi connectivity index (χ2v) is 2.51. The summed E-state index contributed by atoms with van der Waals surface area (Å²) in [6.45, 7) is 0. The lowest BCUT2D eigenvalue weighted by molar-refractivity contribution is 0.701. The fourth-order valence-corrected chi connectivity index (χ4v) is 0.836. The standard InChI is InChI=1S/C5H8N4.ClH/c6-5(1-2-5)4-3-7-9-8-4;/h3H,1-2,6H2,(H,7,8,9);1H. The number of H-pyrrole nitrogens is 1. The number of aromatic nitrogens is 3. The van der Waals surface area contributed by atoms with Crippen molar-refractivity contribution in [3.05, 3.63) is 11.9 Å². The topological polar surface area (TPSA) is 67.6 Å². The van der Waals surface area contributed by atoms with Gasteiger partial charge in [-0.05, 0) is 12.8 Å². The van der Waals surface area contributed by atoms with E-state index >= 15 is 0 Å². The molecule has 0 spiro atoms. The van der Waals surface area contributed by atoms with Gasteiger partial charge < -0.3 is 5.73 Å². The number of nitrogens with one attached hydrogen (secondary N) is 1. The summed E-state index contributed by atoms with van der Waals surface area (Å²) in [7, 11) is 0. The fraction of sp³-hybridized carbons (Fsp3) is 0.600. The van der Waals surface area contributed by atoms with Gasteiger partial charge >= 0.3 is 0 Å². The molecule has 0 saturated heterocycles. The van der Waals surface area contributed by atoms with E-state index in [2.05, 4.69) is 15.4 Å². The Balaban J connectivity index is 0.000000500. The molecule has 4 nitrogen and oxygen atoms in total. The van der Waals surface area contributed by atoms with Crippen molar-refractivity contribution in [3.63, 3.8) is 0 Å². The number of nitrogens with two attached hydrogens (primary N) is 1. The zero-order chi connectivity index (χ0) is 6.32. The van der Waals surface area contributed by atoms with Crippen LogP contribution in [-0.2, 0) is 5.54 Å². The first-order valence-corrected chi connectivity index (χ1v) is 2.97. The van der Waals surface area contributed by atoms with Gasteiger partial charge in [0.2, 0.25) is 0 Å². The van der Waals surface area contributed by atoms with Gasteiger partial charge in [-0.25, -0.2) is 0 Å². The quantitative estimate of drug-likeness (QED) is 0.616. The molecule has 1 heterocycles. The van der Waals surface area contributed by atoms with Gasteiger partial charge in [-0.2, -0.15) is 0 Å². The highest BCUT2D eigenvalue weighted by atomic mass is 35.5. The highest BCUT2D eigenvalue weighted by Gasteiger charge is 2.42. The second-order valence-electron chi connectivity index (χ2n) is 2.51. The predicted octanol–water partition coefficient (Wildman–Crippen LogP) is 0.174. The van der Waals surface area contributed by atoms with Crippen LogP contribution in [0.15, 0.2) is 6.20 Å². The Labute approximate surface area is 64.6 Å². The van der Waals surface area contributed by atoms with E-state index in [1.807, 2.05) is 0 Å². The third-order valence-corrected chi connectivity index (χ3v) is 1.72. The summed E-state index contributed by atoms with van der Waals surface area (Å²) < 4.78 is 0. The number of hydrogen-bond donors (Lipinski definition) is 2. The summed E-state index contributed by atoms with van der Waals surface area (Å²) in [5, 5.41) is 10.0. The number of hydrogen-bond acceptors (Lipinski definition) is 3. The molecule has 1 aliphatic rings. The molecule has 0 unspecified atom stereocenters. The van der Waals surface area contributed by atoms with Gasteiger partial charge in [0.1, 0.15) is 5.69 Å². The maximum Gasteiger partial charge on any atom is 0.102 e. The molecule has 56 valence electrons. The lowest BCUT2D eigenvalue weighted by Crippen LogP contribution is -2.18. The normalized spacial score (nSPS) is 19.7. The first-order chi connectivity index (χ1) is 4.31. The Kier molecular flexibility index (Phi) is 1.66. The van der Waals surface area contributed by atoms with Gasteiger partial charge in [-0.3, -0.25) is 5.10 Å². The van der Waals surface area contributed by atoms with Crippen molar-refractivity contribution in [3.8, 4) is 0 Å². The minimum Gasteiger partial charge on any atom is -0.320 e. The van der Waals surface area contributed by atoms with Crippen LogP contribution in [0.5, 0.6) is 0 Å². The predicted molar refractivity (Wildman–Crippen MR) is 38.7 cm³/mol. The lowest BCUT2D eigenvalue weighted by atomic mass is 10.2. The summed E-state index contributed by atoms with van der Waals surface area (Å²) in [5.74, 6) is 0. The summed E-state index contributed by atoms with van der Waals surface area (Å²) >= 11 is 0. The first-order valence-electron chi connectivity index (χ1n) is 2.97. The smallest absolute Gasteiger partial charge is 0.102 e. The van der Waals surface area contributed by atoms with E-state index in [0.29, 0.717) is 0 Å². The summed E-state index contributed by atoms with van der Waals surface area (Å²) in [5.41, 5.74) is 6.55. The monoisotopic (exact) mass is 160 g/mol. The molecule has 10 heavy (non-hydrogen) atoms. The van der Waals surface area contributed by atoms with E-state index in [-0.39, 0.29) is 17.9 Å². The molecule has 1 fully saturated rings. The first kappa shape index (κ1) is 7.50. The van der Waals surface area contributed by atoms with Crippen molar-refractivity contribution < 1.29 is 0 Å². The van der Waals surface area contributed by atoms with E-state index in [1.54, 1.807) is 6.20 Å². The van der Waals surface area contributed by atoms with E-state index < -0.39 is 0 Å². The SMILES string of the molecule is Cl.NC1(c2c[nH]nn2)CC1. The van der Waals surface area contributed by atoms with Crippen molar-refractivity contribution in [1.82, 2.24) is 15.4 Å². The zero-order valence-corrected chi connectivity index (χ0v) is 6.19. The second kappa shape index (κ2) is 2.21. The molecular formula is C5H9ClN4. The molecule has 0 bridgehead atoms. The average Bonchev–Trinajstić information content (AvgIpc) is 2.46. The van der Waals surface area contributed by atoms with Crippen LogP contribution in [-0.4, -0.2) is 15.4 Å². The zero-order valence-electron chi connectivity index (χ0n) is 5.37. The Morgan fingerprint density at radius 1 is 1.60 bits per heavy atom. The van der Waals surface area contributed by atoms with Crippen molar-refractivity contribution in [2.45, 2.75) is 18.4 Å². The minimum absolute atomic E-state index is 0. The third-order valence-electron chi connectivity index (χ3n) is 1.72. The van der Waals surface area contributed by atoms with Crippen LogP contribution in [0.1, 0.15) is 18.5 Å². The molecule has 2 rings (SSSR count). The number of rotatable bonds is 1. The number of halogens is 1. The van der Waals surface area contributed by atoms with Crippen LogP contribution in [0.4, 0.5) is 0 Å². The lowest BCUT2D eigenvalue weighted by Gasteiger charge is -1.98. The molecule has 0 aliphatic heterocycles. The van der Waals surface area contributed by atoms with Gasteiger partial charge in [0.15, 0.2) is 0 Å². The highest BCUT2D eigenvalue weighted by Crippen LogP contribution is 2.40. The van der Waals surface area contributed by atoms with E-state index in [9.17, 15) is 0 Å². The van der Waals surface area contributed by atoms with Gasteiger partial charge in [-0.15, -0.1) is 17.5 Å². The Hall–Kier alpha value is -0.610. The molecule has 0 amide bonds. The van der Waals surface area contributed by atoms with Crippen molar-refractivity contribution >= 4 is 12.4 Å². The molecule has 0 atom stereocenters. The van der Waals surface area contributed by atoms with Crippen molar-refractivity contribution in [2.75, 3.05) is 0 Å². The van der Waals surface area contributed by atoms with Gasteiger partial charge in [-0.1, -0.05) is 5.21 Å². The Bertz CT molecular complexity index is 203. The maximum atomic E-state index is 5.79. The van der Waals surface area contributed by atoms with Crippen molar-refractivity contribution in [2.24, 2.45) is 5.73 Å². The molecule has 1 aromatic rings. The summed E-state index contributed by atoms with van der Waals surface area (Å²) in [4.78, 5) is 0. The number of nitrogens with zero attached hydrogens (tertiary/aromatic N) is 2. The molecule has 0 aromatic carbocycles. The van der Waals surface area contributed by atoms with Crippen molar-refractivity contribution in [1.29, 1.82) is 0 Å². The Morgan fingerprint density at radius 2 is 2.30 bits per heavy atom.